The van der Waals surface area contributed by atoms with Crippen molar-refractivity contribution in [2.24, 2.45) is 0 Å². The molecule has 0 unspecified atom stereocenters. The van der Waals surface area contributed by atoms with Gasteiger partial charge in [0.25, 0.3) is 0 Å². The minimum Gasteiger partial charge on any atom is -0.339 e. The summed E-state index contributed by atoms with van der Waals surface area (Å²) >= 11 is 0. The number of hydrogen-bond acceptors (Lipinski definition) is 4. The highest BCUT2D eigenvalue weighted by atomic mass is 16.5. The third-order valence-electron chi connectivity index (χ3n) is 4.74. The van der Waals surface area contributed by atoms with Crippen LogP contribution in [0.3, 0.4) is 0 Å². The van der Waals surface area contributed by atoms with Crippen molar-refractivity contribution in [3.8, 4) is 0 Å². The van der Waals surface area contributed by atoms with Gasteiger partial charge in [0.15, 0.2) is 5.82 Å². The average molecular weight is 362 g/mol. The van der Waals surface area contributed by atoms with Crippen LogP contribution >= 0.6 is 0 Å². The van der Waals surface area contributed by atoms with E-state index in [1.54, 1.807) is 4.90 Å². The lowest BCUT2D eigenvalue weighted by Gasteiger charge is -2.36. The molecule has 0 aliphatic carbocycles. The van der Waals surface area contributed by atoms with E-state index in [9.17, 15) is 4.79 Å². The Labute approximate surface area is 158 Å². The highest BCUT2D eigenvalue weighted by Gasteiger charge is 2.35. The SMILES string of the molecule is O=C(NCCc1ccccc1)N1CC(c2nc(Cc3ccccc3)no2)C1. The van der Waals surface area contributed by atoms with E-state index in [1.165, 1.54) is 5.56 Å². The molecule has 138 valence electrons. The molecular formula is C21H22N4O2. The summed E-state index contributed by atoms with van der Waals surface area (Å²) in [5.74, 6) is 1.43. The topological polar surface area (TPSA) is 71.3 Å². The summed E-state index contributed by atoms with van der Waals surface area (Å²) in [6.07, 6.45) is 1.48. The predicted octanol–water partition coefficient (Wildman–Crippen LogP) is 3.01. The fourth-order valence-electron chi connectivity index (χ4n) is 3.15. The van der Waals surface area contributed by atoms with Gasteiger partial charge in [-0.05, 0) is 17.5 Å². The molecule has 2 amide bonds. The zero-order chi connectivity index (χ0) is 18.5. The van der Waals surface area contributed by atoms with Gasteiger partial charge in [0.1, 0.15) is 0 Å². The Balaban J connectivity index is 1.22. The second-order valence-electron chi connectivity index (χ2n) is 6.78. The molecule has 6 heteroatoms. The number of nitrogens with one attached hydrogen (secondary N) is 1. The van der Waals surface area contributed by atoms with Crippen LogP contribution in [0.15, 0.2) is 65.2 Å². The molecule has 1 saturated heterocycles. The minimum atomic E-state index is -0.0359. The van der Waals surface area contributed by atoms with E-state index in [2.05, 4.69) is 27.6 Å². The highest BCUT2D eigenvalue weighted by molar-refractivity contribution is 5.75. The number of benzene rings is 2. The van der Waals surface area contributed by atoms with E-state index in [0.29, 0.717) is 37.8 Å². The van der Waals surface area contributed by atoms with Gasteiger partial charge in [0, 0.05) is 26.1 Å². The average Bonchev–Trinajstić information content (AvgIpc) is 3.10. The van der Waals surface area contributed by atoms with Gasteiger partial charge in [-0.25, -0.2) is 4.79 Å². The van der Waals surface area contributed by atoms with Crippen molar-refractivity contribution in [2.45, 2.75) is 18.8 Å². The molecule has 0 saturated carbocycles. The number of hydrogen-bond donors (Lipinski definition) is 1. The zero-order valence-electron chi connectivity index (χ0n) is 15.0. The number of likely N-dealkylation sites (tertiary alicyclic amines) is 1. The fraction of sp³-hybridized carbons (Fsp3) is 0.286. The zero-order valence-corrected chi connectivity index (χ0v) is 15.0. The molecule has 6 nitrogen and oxygen atoms in total. The van der Waals surface area contributed by atoms with Gasteiger partial charge in [0.05, 0.1) is 5.92 Å². The third kappa shape index (κ3) is 4.34. The van der Waals surface area contributed by atoms with Crippen molar-refractivity contribution >= 4 is 6.03 Å². The first kappa shape index (κ1) is 17.3. The third-order valence-corrected chi connectivity index (χ3v) is 4.74. The second kappa shape index (κ2) is 8.03. The van der Waals surface area contributed by atoms with Crippen LogP contribution in [0, 0.1) is 0 Å². The maximum Gasteiger partial charge on any atom is 0.317 e. The number of carbonyl (C=O) groups excluding carboxylic acids is 1. The summed E-state index contributed by atoms with van der Waals surface area (Å²) in [5, 5.41) is 7.03. The molecule has 4 rings (SSSR count). The van der Waals surface area contributed by atoms with Crippen LogP contribution in [0.4, 0.5) is 4.79 Å². The van der Waals surface area contributed by atoms with Crippen molar-refractivity contribution in [3.05, 3.63) is 83.5 Å². The maximum absolute atomic E-state index is 12.2. The van der Waals surface area contributed by atoms with Crippen molar-refractivity contribution in [1.29, 1.82) is 0 Å². The van der Waals surface area contributed by atoms with Gasteiger partial charge in [-0.1, -0.05) is 65.8 Å². The number of amides is 2. The molecule has 1 aliphatic heterocycles. The van der Waals surface area contributed by atoms with E-state index in [1.807, 2.05) is 48.5 Å². The molecule has 3 aromatic rings. The molecule has 0 radical (unpaired) electrons. The monoisotopic (exact) mass is 362 g/mol. The molecule has 1 fully saturated rings. The molecule has 0 bridgehead atoms. The van der Waals surface area contributed by atoms with Gasteiger partial charge < -0.3 is 14.7 Å². The fourth-order valence-corrected chi connectivity index (χ4v) is 3.15. The van der Waals surface area contributed by atoms with Crippen LogP contribution in [0.2, 0.25) is 0 Å². The molecule has 0 spiro atoms. The van der Waals surface area contributed by atoms with E-state index in [0.717, 1.165) is 12.0 Å². The van der Waals surface area contributed by atoms with Crippen molar-refractivity contribution < 1.29 is 9.32 Å². The van der Waals surface area contributed by atoms with Crippen LogP contribution < -0.4 is 5.32 Å². The molecule has 2 aromatic carbocycles. The molecule has 1 N–H and O–H groups in total. The first-order valence-electron chi connectivity index (χ1n) is 9.21. The summed E-state index contributed by atoms with van der Waals surface area (Å²) in [7, 11) is 0. The van der Waals surface area contributed by atoms with Crippen LogP contribution in [0.1, 0.15) is 28.8 Å². The first-order chi connectivity index (χ1) is 13.3. The number of rotatable bonds is 6. The van der Waals surface area contributed by atoms with Crippen LogP contribution in [0.25, 0.3) is 0 Å². The van der Waals surface area contributed by atoms with Crippen LogP contribution in [-0.2, 0) is 12.8 Å². The van der Waals surface area contributed by atoms with E-state index >= 15 is 0 Å². The Morgan fingerprint density at radius 2 is 1.70 bits per heavy atom. The van der Waals surface area contributed by atoms with Crippen LogP contribution in [-0.4, -0.2) is 40.7 Å². The Bertz CT molecular complexity index is 873. The van der Waals surface area contributed by atoms with Gasteiger partial charge in [0.2, 0.25) is 5.89 Å². The molecule has 0 atom stereocenters. The minimum absolute atomic E-state index is 0.0359. The van der Waals surface area contributed by atoms with Gasteiger partial charge in [-0.15, -0.1) is 0 Å². The predicted molar refractivity (Wildman–Crippen MR) is 101 cm³/mol. The lowest BCUT2D eigenvalue weighted by atomic mass is 10.0. The van der Waals surface area contributed by atoms with Gasteiger partial charge >= 0.3 is 6.03 Å². The summed E-state index contributed by atoms with van der Waals surface area (Å²) < 4.78 is 5.39. The van der Waals surface area contributed by atoms with Crippen LogP contribution in [0.5, 0.6) is 0 Å². The number of nitrogens with zero attached hydrogens (tertiary/aromatic N) is 3. The largest absolute Gasteiger partial charge is 0.339 e. The summed E-state index contributed by atoms with van der Waals surface area (Å²) in [4.78, 5) is 18.4. The van der Waals surface area contributed by atoms with Crippen molar-refractivity contribution in [1.82, 2.24) is 20.4 Å². The lowest BCUT2D eigenvalue weighted by molar-refractivity contribution is 0.137. The van der Waals surface area contributed by atoms with Crippen molar-refractivity contribution in [3.63, 3.8) is 0 Å². The summed E-state index contributed by atoms with van der Waals surface area (Å²) in [6.45, 7) is 1.86. The number of aromatic nitrogens is 2. The van der Waals surface area contributed by atoms with E-state index in [4.69, 9.17) is 4.52 Å². The number of carbonyl (C=O) groups is 1. The lowest BCUT2D eigenvalue weighted by Crippen LogP contribution is -2.52. The summed E-state index contributed by atoms with van der Waals surface area (Å²) in [5.41, 5.74) is 2.37. The maximum atomic E-state index is 12.2. The Morgan fingerprint density at radius 3 is 2.41 bits per heavy atom. The first-order valence-corrected chi connectivity index (χ1v) is 9.21. The smallest absolute Gasteiger partial charge is 0.317 e. The Hall–Kier alpha value is -3.15. The standard InChI is InChI=1S/C21H22N4O2/c26-21(22-12-11-16-7-3-1-4-8-16)25-14-18(15-25)20-23-19(24-27-20)13-17-9-5-2-6-10-17/h1-10,18H,11-15H2,(H,22,26). The second-order valence-corrected chi connectivity index (χ2v) is 6.78. The normalized spacial score (nSPS) is 14.0. The van der Waals surface area contributed by atoms with Crippen molar-refractivity contribution in [2.75, 3.05) is 19.6 Å². The molecule has 1 aromatic heterocycles. The molecule has 1 aliphatic rings. The highest BCUT2D eigenvalue weighted by Crippen LogP contribution is 2.25. The van der Waals surface area contributed by atoms with Gasteiger partial charge in [-0.3, -0.25) is 0 Å². The van der Waals surface area contributed by atoms with E-state index < -0.39 is 0 Å². The molecular weight excluding hydrogens is 340 g/mol. The van der Waals surface area contributed by atoms with Gasteiger partial charge in [-0.2, -0.15) is 4.98 Å². The Morgan fingerprint density at radius 1 is 1.04 bits per heavy atom. The number of urea groups is 1. The Kier molecular flexibility index (Phi) is 5.14. The summed E-state index contributed by atoms with van der Waals surface area (Å²) in [6, 6.07) is 20.2. The quantitative estimate of drug-likeness (QED) is 0.732. The molecule has 2 heterocycles. The van der Waals surface area contributed by atoms with E-state index in [-0.39, 0.29) is 11.9 Å². The molecule has 27 heavy (non-hydrogen) atoms.